The summed E-state index contributed by atoms with van der Waals surface area (Å²) in [5.74, 6) is 0.651. The van der Waals surface area contributed by atoms with Gasteiger partial charge in [-0.05, 0) is 33.1 Å². The third-order valence-electron chi connectivity index (χ3n) is 3.56. The summed E-state index contributed by atoms with van der Waals surface area (Å²) in [6, 6.07) is 0. The van der Waals surface area contributed by atoms with E-state index in [0.717, 1.165) is 12.0 Å². The van der Waals surface area contributed by atoms with Crippen molar-refractivity contribution in [3.63, 3.8) is 0 Å². The van der Waals surface area contributed by atoms with Gasteiger partial charge in [-0.1, -0.05) is 6.08 Å². The van der Waals surface area contributed by atoms with E-state index < -0.39 is 5.60 Å². The van der Waals surface area contributed by atoms with Gasteiger partial charge >= 0.3 is 6.09 Å². The van der Waals surface area contributed by atoms with Crippen molar-refractivity contribution < 1.29 is 14.3 Å². The molecule has 1 N–H and O–H groups in total. The normalized spacial score (nSPS) is 25.9. The Kier molecular flexibility index (Phi) is 3.56. The van der Waals surface area contributed by atoms with Crippen LogP contribution in [-0.2, 0) is 9.53 Å². The second-order valence-corrected chi connectivity index (χ2v) is 6.28. The van der Waals surface area contributed by atoms with E-state index in [0.29, 0.717) is 24.9 Å². The summed E-state index contributed by atoms with van der Waals surface area (Å²) in [6.07, 6.45) is 2.51. The van der Waals surface area contributed by atoms with Crippen LogP contribution in [0.1, 0.15) is 27.2 Å². The fourth-order valence-corrected chi connectivity index (χ4v) is 2.71. The smallest absolute Gasteiger partial charge is 0.410 e. The molecule has 0 bridgehead atoms. The maximum Gasteiger partial charge on any atom is 0.410 e. The van der Waals surface area contributed by atoms with Crippen molar-refractivity contribution in [2.75, 3.05) is 20.1 Å². The van der Waals surface area contributed by atoms with Crippen LogP contribution in [-0.4, -0.2) is 42.6 Å². The van der Waals surface area contributed by atoms with Crippen LogP contribution in [0.5, 0.6) is 0 Å². The van der Waals surface area contributed by atoms with Gasteiger partial charge in [-0.25, -0.2) is 4.79 Å². The molecule has 1 aliphatic heterocycles. The molecule has 1 aliphatic carbocycles. The Bertz CT molecular complexity index is 423. The number of amides is 2. The Labute approximate surface area is 114 Å². The zero-order valence-corrected chi connectivity index (χ0v) is 12.0. The van der Waals surface area contributed by atoms with Crippen molar-refractivity contribution in [2.45, 2.75) is 32.8 Å². The molecule has 0 aromatic rings. The highest BCUT2D eigenvalue weighted by Crippen LogP contribution is 2.37. The Hall–Kier alpha value is -1.52. The monoisotopic (exact) mass is 266 g/mol. The summed E-state index contributed by atoms with van der Waals surface area (Å²) in [5.41, 5.74) is 0.388. The molecule has 5 heteroatoms. The maximum absolute atomic E-state index is 12.0. The van der Waals surface area contributed by atoms with Crippen LogP contribution in [0.2, 0.25) is 0 Å². The molecule has 2 unspecified atom stereocenters. The van der Waals surface area contributed by atoms with Gasteiger partial charge in [0.05, 0.1) is 0 Å². The van der Waals surface area contributed by atoms with Crippen LogP contribution < -0.4 is 5.32 Å². The molecule has 1 saturated heterocycles. The quantitative estimate of drug-likeness (QED) is 0.783. The molecule has 0 saturated carbocycles. The standard InChI is InChI=1S/C14H22N2O3/c1-14(2,3)19-13(18)16-7-10-5-9(12(17)15-4)6-11(10)8-16/h5,10-11H,6-8H2,1-4H3,(H,15,17). The average Bonchev–Trinajstić information content (AvgIpc) is 2.82. The first kappa shape index (κ1) is 13.9. The van der Waals surface area contributed by atoms with E-state index in [1.165, 1.54) is 0 Å². The number of hydrogen-bond acceptors (Lipinski definition) is 3. The van der Waals surface area contributed by atoms with E-state index in [-0.39, 0.29) is 12.0 Å². The van der Waals surface area contributed by atoms with E-state index in [1.807, 2.05) is 26.8 Å². The van der Waals surface area contributed by atoms with Gasteiger partial charge < -0.3 is 15.0 Å². The highest BCUT2D eigenvalue weighted by Gasteiger charge is 2.40. The first-order chi connectivity index (χ1) is 8.80. The first-order valence-corrected chi connectivity index (χ1v) is 6.71. The zero-order valence-electron chi connectivity index (χ0n) is 12.0. The number of hydrogen-bond donors (Lipinski definition) is 1. The highest BCUT2D eigenvalue weighted by molar-refractivity contribution is 5.93. The zero-order chi connectivity index (χ0) is 14.2. The molecule has 2 amide bonds. The molecule has 5 nitrogen and oxygen atoms in total. The average molecular weight is 266 g/mol. The lowest BCUT2D eigenvalue weighted by Gasteiger charge is -2.24. The molecular formula is C14H22N2O3. The molecule has 2 aliphatic rings. The predicted molar refractivity (Wildman–Crippen MR) is 71.6 cm³/mol. The fourth-order valence-electron chi connectivity index (χ4n) is 2.71. The summed E-state index contributed by atoms with van der Waals surface area (Å²) in [7, 11) is 1.64. The lowest BCUT2D eigenvalue weighted by molar-refractivity contribution is -0.117. The van der Waals surface area contributed by atoms with E-state index in [4.69, 9.17) is 4.74 Å². The summed E-state index contributed by atoms with van der Waals surface area (Å²) in [5, 5.41) is 2.65. The first-order valence-electron chi connectivity index (χ1n) is 6.71. The van der Waals surface area contributed by atoms with Crippen molar-refractivity contribution in [1.29, 1.82) is 0 Å². The number of likely N-dealkylation sites (N-methyl/N-ethyl adjacent to an activating group) is 1. The number of fused-ring (bicyclic) bond motifs is 1. The van der Waals surface area contributed by atoms with E-state index in [9.17, 15) is 9.59 Å². The molecule has 19 heavy (non-hydrogen) atoms. The number of likely N-dealkylation sites (tertiary alicyclic amines) is 1. The van der Waals surface area contributed by atoms with Gasteiger partial charge in [0, 0.05) is 31.6 Å². The highest BCUT2D eigenvalue weighted by atomic mass is 16.6. The van der Waals surface area contributed by atoms with Gasteiger partial charge in [-0.2, -0.15) is 0 Å². The van der Waals surface area contributed by atoms with Gasteiger partial charge in [0.2, 0.25) is 5.91 Å². The lowest BCUT2D eigenvalue weighted by Crippen LogP contribution is -2.35. The molecular weight excluding hydrogens is 244 g/mol. The summed E-state index contributed by atoms with van der Waals surface area (Å²) >= 11 is 0. The molecule has 0 radical (unpaired) electrons. The predicted octanol–water partition coefficient (Wildman–Crippen LogP) is 1.55. The van der Waals surface area contributed by atoms with Crippen LogP contribution in [0.25, 0.3) is 0 Å². The number of carbonyl (C=O) groups excluding carboxylic acids is 2. The maximum atomic E-state index is 12.0. The molecule has 1 heterocycles. The minimum Gasteiger partial charge on any atom is -0.444 e. The van der Waals surface area contributed by atoms with E-state index in [2.05, 4.69) is 5.32 Å². The Morgan fingerprint density at radius 2 is 2.05 bits per heavy atom. The molecule has 0 spiro atoms. The largest absolute Gasteiger partial charge is 0.444 e. The van der Waals surface area contributed by atoms with Crippen LogP contribution in [0.15, 0.2) is 11.6 Å². The molecule has 0 aromatic heterocycles. The van der Waals surface area contributed by atoms with Crippen LogP contribution in [0.3, 0.4) is 0 Å². The number of nitrogens with zero attached hydrogens (tertiary/aromatic N) is 1. The second-order valence-electron chi connectivity index (χ2n) is 6.28. The topological polar surface area (TPSA) is 58.6 Å². The lowest BCUT2D eigenvalue weighted by atomic mass is 10.00. The minimum atomic E-state index is -0.460. The Balaban J connectivity index is 1.95. The molecule has 1 fully saturated rings. The number of carbonyl (C=O) groups is 2. The van der Waals surface area contributed by atoms with Crippen LogP contribution in [0, 0.1) is 11.8 Å². The summed E-state index contributed by atoms with van der Waals surface area (Å²) in [4.78, 5) is 25.3. The number of rotatable bonds is 1. The van der Waals surface area contributed by atoms with Crippen molar-refractivity contribution >= 4 is 12.0 Å². The van der Waals surface area contributed by atoms with Gasteiger partial charge in [-0.3, -0.25) is 4.79 Å². The minimum absolute atomic E-state index is 0.00165. The molecule has 2 rings (SSSR count). The fraction of sp³-hybridized carbons (Fsp3) is 0.714. The van der Waals surface area contributed by atoms with Gasteiger partial charge in [-0.15, -0.1) is 0 Å². The van der Waals surface area contributed by atoms with Crippen molar-refractivity contribution in [1.82, 2.24) is 10.2 Å². The molecule has 2 atom stereocenters. The summed E-state index contributed by atoms with van der Waals surface area (Å²) < 4.78 is 5.37. The third-order valence-corrected chi connectivity index (χ3v) is 3.56. The van der Waals surface area contributed by atoms with E-state index in [1.54, 1.807) is 11.9 Å². The van der Waals surface area contributed by atoms with Crippen LogP contribution >= 0.6 is 0 Å². The molecule has 106 valence electrons. The molecule has 0 aromatic carbocycles. The van der Waals surface area contributed by atoms with Crippen molar-refractivity contribution in [3.8, 4) is 0 Å². The van der Waals surface area contributed by atoms with Crippen molar-refractivity contribution in [2.24, 2.45) is 11.8 Å². The third kappa shape index (κ3) is 3.08. The Morgan fingerprint density at radius 1 is 1.37 bits per heavy atom. The number of ether oxygens (including phenoxy) is 1. The number of nitrogens with one attached hydrogen (secondary N) is 1. The SMILES string of the molecule is CNC(=O)C1=CC2CN(C(=O)OC(C)(C)C)CC2C1. The second kappa shape index (κ2) is 4.87. The van der Waals surface area contributed by atoms with Gasteiger partial charge in [0.15, 0.2) is 0 Å². The van der Waals surface area contributed by atoms with Crippen LogP contribution in [0.4, 0.5) is 4.79 Å². The summed E-state index contributed by atoms with van der Waals surface area (Å²) in [6.45, 7) is 6.93. The van der Waals surface area contributed by atoms with Gasteiger partial charge in [0.1, 0.15) is 5.60 Å². The Morgan fingerprint density at radius 3 is 2.58 bits per heavy atom. The van der Waals surface area contributed by atoms with Crippen molar-refractivity contribution in [3.05, 3.63) is 11.6 Å². The van der Waals surface area contributed by atoms with Gasteiger partial charge in [0.25, 0.3) is 0 Å². The van der Waals surface area contributed by atoms with E-state index >= 15 is 0 Å².